The molecule has 1 aliphatic carbocycles. The van der Waals surface area contributed by atoms with Crippen molar-refractivity contribution < 1.29 is 9.52 Å². The number of aryl methyl sites for hydroxylation is 2. The van der Waals surface area contributed by atoms with Gasteiger partial charge in [0.05, 0.1) is 11.3 Å². The first-order valence-electron chi connectivity index (χ1n) is 8.20. The maximum absolute atomic E-state index is 10.5. The third kappa shape index (κ3) is 4.73. The molecule has 0 amide bonds. The van der Waals surface area contributed by atoms with Crippen LogP contribution < -0.4 is 10.6 Å². The molecule has 3 N–H and O–H groups in total. The molecule has 1 aliphatic rings. The number of nitrogens with one attached hydrogen (secondary N) is 2. The molecule has 1 saturated carbocycles. The summed E-state index contributed by atoms with van der Waals surface area (Å²) in [5.41, 5.74) is 0.296. The molecule has 1 aromatic heterocycles. The maximum Gasteiger partial charge on any atom is 0.216 e. The summed E-state index contributed by atoms with van der Waals surface area (Å²) in [6.45, 7) is 7.54. The molecule has 0 aliphatic heterocycles. The van der Waals surface area contributed by atoms with Gasteiger partial charge in [-0.05, 0) is 33.6 Å². The van der Waals surface area contributed by atoms with E-state index in [9.17, 15) is 5.11 Å². The fraction of sp³-hybridized carbons (Fsp3) is 0.750. The molecular weight excluding hydrogens is 280 g/mol. The summed E-state index contributed by atoms with van der Waals surface area (Å²) in [5.74, 6) is 2.14. The second-order valence-electron chi connectivity index (χ2n) is 6.08. The molecule has 0 unspecified atom stereocenters. The Morgan fingerprint density at radius 1 is 1.27 bits per heavy atom. The van der Waals surface area contributed by atoms with Crippen LogP contribution in [0.5, 0.6) is 0 Å². The van der Waals surface area contributed by atoms with Gasteiger partial charge in [0, 0.05) is 13.1 Å². The number of hydrogen-bond acceptors (Lipinski definition) is 4. The number of hydrogen-bond donors (Lipinski definition) is 3. The largest absolute Gasteiger partial charge is 0.444 e. The Balaban J connectivity index is 1.92. The van der Waals surface area contributed by atoms with E-state index in [0.29, 0.717) is 24.9 Å². The minimum atomic E-state index is -0.607. The molecule has 1 heterocycles. The van der Waals surface area contributed by atoms with E-state index in [1.165, 1.54) is 6.42 Å². The van der Waals surface area contributed by atoms with Crippen LogP contribution in [0, 0.1) is 13.8 Å². The smallest absolute Gasteiger partial charge is 0.216 e. The monoisotopic (exact) mass is 308 g/mol. The number of aliphatic imine (C=N–C) groups is 1. The molecule has 0 saturated heterocycles. The average molecular weight is 308 g/mol. The summed E-state index contributed by atoms with van der Waals surface area (Å²) in [6, 6.07) is 0. The summed E-state index contributed by atoms with van der Waals surface area (Å²) in [4.78, 5) is 8.81. The van der Waals surface area contributed by atoms with E-state index >= 15 is 0 Å². The van der Waals surface area contributed by atoms with E-state index in [1.54, 1.807) is 0 Å². The Bertz CT molecular complexity index is 485. The van der Waals surface area contributed by atoms with E-state index in [0.717, 1.165) is 43.7 Å². The predicted molar refractivity (Wildman–Crippen MR) is 86.8 cm³/mol. The number of aliphatic hydroxyl groups is 1. The molecule has 22 heavy (non-hydrogen) atoms. The van der Waals surface area contributed by atoms with Crippen molar-refractivity contribution in [2.24, 2.45) is 4.99 Å². The van der Waals surface area contributed by atoms with Gasteiger partial charge in [-0.2, -0.15) is 0 Å². The van der Waals surface area contributed by atoms with E-state index in [2.05, 4.69) is 20.6 Å². The lowest BCUT2D eigenvalue weighted by Crippen LogP contribution is -2.48. The van der Waals surface area contributed by atoms with Crippen LogP contribution in [0.4, 0.5) is 0 Å². The van der Waals surface area contributed by atoms with Crippen molar-refractivity contribution >= 4 is 5.96 Å². The Kier molecular flexibility index (Phi) is 5.83. The van der Waals surface area contributed by atoms with Crippen LogP contribution in [0.15, 0.2) is 9.41 Å². The lowest BCUT2D eigenvalue weighted by atomic mass is 9.85. The van der Waals surface area contributed by atoms with Crippen molar-refractivity contribution in [1.82, 2.24) is 15.6 Å². The van der Waals surface area contributed by atoms with Crippen LogP contribution in [-0.4, -0.2) is 34.7 Å². The van der Waals surface area contributed by atoms with Crippen molar-refractivity contribution in [3.63, 3.8) is 0 Å². The number of guanidine groups is 1. The van der Waals surface area contributed by atoms with Crippen LogP contribution in [0.25, 0.3) is 0 Å². The summed E-state index contributed by atoms with van der Waals surface area (Å²) in [6.07, 6.45) is 5.13. The van der Waals surface area contributed by atoms with Gasteiger partial charge in [0.2, 0.25) is 5.89 Å². The second kappa shape index (κ2) is 7.63. The molecule has 6 nitrogen and oxygen atoms in total. The number of aromatic nitrogens is 1. The Morgan fingerprint density at radius 2 is 2.00 bits per heavy atom. The van der Waals surface area contributed by atoms with Crippen molar-refractivity contribution in [3.8, 4) is 0 Å². The zero-order valence-electron chi connectivity index (χ0n) is 13.9. The second-order valence-corrected chi connectivity index (χ2v) is 6.08. The normalized spacial score (nSPS) is 18.3. The topological polar surface area (TPSA) is 82.7 Å². The lowest BCUT2D eigenvalue weighted by molar-refractivity contribution is 0.00859. The first-order valence-corrected chi connectivity index (χ1v) is 8.20. The van der Waals surface area contributed by atoms with Crippen LogP contribution >= 0.6 is 0 Å². The SMILES string of the molecule is CCNC(=NCc1nc(C)c(C)o1)NCC1(O)CCCCC1. The Morgan fingerprint density at radius 3 is 2.59 bits per heavy atom. The summed E-state index contributed by atoms with van der Waals surface area (Å²) in [7, 11) is 0. The highest BCUT2D eigenvalue weighted by Crippen LogP contribution is 2.27. The minimum Gasteiger partial charge on any atom is -0.444 e. The fourth-order valence-electron chi connectivity index (χ4n) is 2.73. The quantitative estimate of drug-likeness (QED) is 0.573. The van der Waals surface area contributed by atoms with Gasteiger partial charge >= 0.3 is 0 Å². The minimum absolute atomic E-state index is 0.391. The van der Waals surface area contributed by atoms with Crippen molar-refractivity contribution in [2.45, 2.75) is 65.0 Å². The maximum atomic E-state index is 10.5. The van der Waals surface area contributed by atoms with Gasteiger partial charge in [0.25, 0.3) is 0 Å². The molecule has 2 rings (SSSR count). The molecule has 6 heteroatoms. The highest BCUT2D eigenvalue weighted by Gasteiger charge is 2.29. The number of oxazole rings is 1. The van der Waals surface area contributed by atoms with Gasteiger partial charge < -0.3 is 20.2 Å². The Hall–Kier alpha value is -1.56. The first kappa shape index (κ1) is 16.8. The molecule has 0 spiro atoms. The molecule has 0 aromatic carbocycles. The average Bonchev–Trinajstić information content (AvgIpc) is 2.81. The molecular formula is C16H28N4O2. The molecule has 0 bridgehead atoms. The third-order valence-corrected chi connectivity index (χ3v) is 4.16. The van der Waals surface area contributed by atoms with Crippen molar-refractivity contribution in [1.29, 1.82) is 0 Å². The standard InChI is InChI=1S/C16H28N4O2/c1-4-17-15(18-10-14-20-12(2)13(3)22-14)19-11-16(21)8-6-5-7-9-16/h21H,4-11H2,1-3H3,(H2,17,18,19). The third-order valence-electron chi connectivity index (χ3n) is 4.16. The predicted octanol–water partition coefficient (Wildman–Crippen LogP) is 2.04. The molecule has 1 aromatic rings. The highest BCUT2D eigenvalue weighted by molar-refractivity contribution is 5.79. The van der Waals surface area contributed by atoms with Gasteiger partial charge in [-0.3, -0.25) is 0 Å². The number of rotatable bonds is 5. The fourth-order valence-corrected chi connectivity index (χ4v) is 2.73. The van der Waals surface area contributed by atoms with E-state index in [1.807, 2.05) is 20.8 Å². The molecule has 1 fully saturated rings. The first-order chi connectivity index (χ1) is 10.5. The van der Waals surface area contributed by atoms with E-state index in [4.69, 9.17) is 4.42 Å². The van der Waals surface area contributed by atoms with Gasteiger partial charge in [0.15, 0.2) is 5.96 Å². The summed E-state index contributed by atoms with van der Waals surface area (Å²) < 4.78 is 5.53. The van der Waals surface area contributed by atoms with E-state index in [-0.39, 0.29) is 0 Å². The van der Waals surface area contributed by atoms with Crippen LogP contribution in [-0.2, 0) is 6.54 Å². The van der Waals surface area contributed by atoms with E-state index < -0.39 is 5.60 Å². The molecule has 0 radical (unpaired) electrons. The zero-order chi connectivity index (χ0) is 16.0. The van der Waals surface area contributed by atoms with Crippen LogP contribution in [0.3, 0.4) is 0 Å². The number of nitrogens with zero attached hydrogens (tertiary/aromatic N) is 2. The van der Waals surface area contributed by atoms with Crippen LogP contribution in [0.2, 0.25) is 0 Å². The Labute approximate surface area is 132 Å². The summed E-state index contributed by atoms with van der Waals surface area (Å²) in [5, 5.41) is 17.0. The highest BCUT2D eigenvalue weighted by atomic mass is 16.4. The van der Waals surface area contributed by atoms with Crippen molar-refractivity contribution in [2.75, 3.05) is 13.1 Å². The van der Waals surface area contributed by atoms with Gasteiger partial charge in [0.1, 0.15) is 12.3 Å². The van der Waals surface area contributed by atoms with Gasteiger partial charge in [-0.25, -0.2) is 9.98 Å². The lowest BCUT2D eigenvalue weighted by Gasteiger charge is -2.32. The van der Waals surface area contributed by atoms with Crippen molar-refractivity contribution in [3.05, 3.63) is 17.3 Å². The molecule has 124 valence electrons. The van der Waals surface area contributed by atoms with Gasteiger partial charge in [-0.1, -0.05) is 19.3 Å². The summed E-state index contributed by atoms with van der Waals surface area (Å²) >= 11 is 0. The molecule has 0 atom stereocenters. The van der Waals surface area contributed by atoms with Gasteiger partial charge in [-0.15, -0.1) is 0 Å². The van der Waals surface area contributed by atoms with Crippen LogP contribution in [0.1, 0.15) is 56.4 Å². The zero-order valence-corrected chi connectivity index (χ0v) is 13.9.